The topological polar surface area (TPSA) is 78.4 Å². The molecule has 1 fully saturated rings. The molecule has 0 saturated heterocycles. The van der Waals surface area contributed by atoms with Crippen molar-refractivity contribution in [2.75, 3.05) is 0 Å². The Kier molecular flexibility index (Phi) is 9.01. The summed E-state index contributed by atoms with van der Waals surface area (Å²) in [4.78, 5) is 23.7. The molecule has 1 aliphatic rings. The van der Waals surface area contributed by atoms with Crippen molar-refractivity contribution < 1.29 is 23.5 Å². The van der Waals surface area contributed by atoms with Gasteiger partial charge in [0, 0.05) is 25.5 Å². The van der Waals surface area contributed by atoms with Crippen LogP contribution in [0.5, 0.6) is 0 Å². The van der Waals surface area contributed by atoms with E-state index < -0.39 is 23.8 Å². The predicted molar refractivity (Wildman–Crippen MR) is 107 cm³/mol. The summed E-state index contributed by atoms with van der Waals surface area (Å²) in [7, 11) is 0. The second-order valence-electron chi connectivity index (χ2n) is 8.25. The molecule has 0 heterocycles. The normalized spacial score (nSPS) is 17.6. The third-order valence-electron chi connectivity index (χ3n) is 5.49. The average Bonchev–Trinajstić information content (AvgIpc) is 3.11. The van der Waals surface area contributed by atoms with Gasteiger partial charge in [-0.05, 0) is 49.8 Å². The molecular formula is C22H32F2N2O3. The van der Waals surface area contributed by atoms with Crippen molar-refractivity contribution in [3.63, 3.8) is 0 Å². The number of amides is 2. The number of hydrogen-bond donors (Lipinski definition) is 3. The first-order chi connectivity index (χ1) is 13.7. The smallest absolute Gasteiger partial charge is 0.220 e. The van der Waals surface area contributed by atoms with E-state index in [4.69, 9.17) is 0 Å². The number of hydrogen-bond acceptors (Lipinski definition) is 3. The number of halogens is 2. The maximum atomic E-state index is 13.4. The summed E-state index contributed by atoms with van der Waals surface area (Å²) in [6, 6.07) is 2.13. The van der Waals surface area contributed by atoms with Gasteiger partial charge < -0.3 is 15.7 Å². The zero-order valence-electron chi connectivity index (χ0n) is 17.2. The van der Waals surface area contributed by atoms with Crippen LogP contribution in [0.3, 0.4) is 0 Å². The van der Waals surface area contributed by atoms with Gasteiger partial charge >= 0.3 is 0 Å². The molecule has 5 nitrogen and oxygen atoms in total. The molecule has 2 rings (SSSR count). The first-order valence-electron chi connectivity index (χ1n) is 10.4. The van der Waals surface area contributed by atoms with Crippen LogP contribution in [0.2, 0.25) is 0 Å². The van der Waals surface area contributed by atoms with Gasteiger partial charge in [0.15, 0.2) is 0 Å². The van der Waals surface area contributed by atoms with Crippen LogP contribution in [0.1, 0.15) is 64.4 Å². The Bertz CT molecular complexity index is 672. The molecule has 0 bridgehead atoms. The van der Waals surface area contributed by atoms with Crippen LogP contribution in [-0.2, 0) is 16.0 Å². The Labute approximate surface area is 171 Å². The maximum absolute atomic E-state index is 13.4. The minimum atomic E-state index is -0.977. The molecule has 3 atom stereocenters. The molecule has 1 aromatic rings. The highest BCUT2D eigenvalue weighted by Crippen LogP contribution is 2.28. The molecule has 29 heavy (non-hydrogen) atoms. The van der Waals surface area contributed by atoms with Gasteiger partial charge in [-0.25, -0.2) is 8.78 Å². The van der Waals surface area contributed by atoms with Crippen LogP contribution in [0.15, 0.2) is 18.2 Å². The van der Waals surface area contributed by atoms with E-state index in [0.717, 1.165) is 12.5 Å². The van der Waals surface area contributed by atoms with Crippen LogP contribution in [-0.4, -0.2) is 35.1 Å². The Morgan fingerprint density at radius 3 is 2.34 bits per heavy atom. The van der Waals surface area contributed by atoms with E-state index in [1.165, 1.54) is 44.7 Å². The van der Waals surface area contributed by atoms with Crippen LogP contribution in [0.25, 0.3) is 0 Å². The summed E-state index contributed by atoms with van der Waals surface area (Å²) < 4.78 is 26.9. The number of nitrogens with one attached hydrogen (secondary N) is 2. The summed E-state index contributed by atoms with van der Waals surface area (Å²) in [5.41, 5.74) is 0.341. The molecule has 1 saturated carbocycles. The summed E-state index contributed by atoms with van der Waals surface area (Å²) >= 11 is 0. The lowest BCUT2D eigenvalue weighted by Crippen LogP contribution is -2.47. The zero-order chi connectivity index (χ0) is 21.4. The van der Waals surface area contributed by atoms with E-state index in [1.807, 2.05) is 0 Å². The molecule has 0 radical (unpaired) electrons. The predicted octanol–water partition coefficient (Wildman–Crippen LogP) is 3.24. The van der Waals surface area contributed by atoms with Gasteiger partial charge in [-0.2, -0.15) is 0 Å². The van der Waals surface area contributed by atoms with Crippen LogP contribution < -0.4 is 10.6 Å². The molecular weight excluding hydrogens is 378 g/mol. The van der Waals surface area contributed by atoms with Gasteiger partial charge in [0.1, 0.15) is 11.6 Å². The van der Waals surface area contributed by atoms with E-state index in [9.17, 15) is 23.5 Å². The fraction of sp³-hybridized carbons (Fsp3) is 0.636. The lowest BCUT2D eigenvalue weighted by Gasteiger charge is -2.26. The fourth-order valence-corrected chi connectivity index (χ4v) is 4.09. The third-order valence-corrected chi connectivity index (χ3v) is 5.49. The van der Waals surface area contributed by atoms with Crippen molar-refractivity contribution in [3.05, 3.63) is 35.4 Å². The first-order valence-corrected chi connectivity index (χ1v) is 10.4. The molecule has 3 N–H and O–H groups in total. The SMILES string of the molecule is CC(=O)N[C@@H](Cc1cc(F)cc(F)c1)[C@@H](O)CC(C)NC(=O)CCC1CCCC1. The van der Waals surface area contributed by atoms with Gasteiger partial charge in [-0.15, -0.1) is 0 Å². The number of carbonyl (C=O) groups excluding carboxylic acids is 2. The van der Waals surface area contributed by atoms with E-state index in [0.29, 0.717) is 17.9 Å². The van der Waals surface area contributed by atoms with Gasteiger partial charge in [0.05, 0.1) is 12.1 Å². The highest BCUT2D eigenvalue weighted by Gasteiger charge is 2.24. The minimum Gasteiger partial charge on any atom is -0.391 e. The molecule has 1 aliphatic carbocycles. The van der Waals surface area contributed by atoms with E-state index in [1.54, 1.807) is 6.92 Å². The lowest BCUT2D eigenvalue weighted by molar-refractivity contribution is -0.123. The molecule has 0 aromatic heterocycles. The maximum Gasteiger partial charge on any atom is 0.220 e. The molecule has 0 spiro atoms. The Morgan fingerprint density at radius 2 is 1.76 bits per heavy atom. The van der Waals surface area contributed by atoms with Gasteiger partial charge in [-0.1, -0.05) is 25.7 Å². The van der Waals surface area contributed by atoms with Crippen molar-refractivity contribution in [2.45, 2.75) is 83.4 Å². The summed E-state index contributed by atoms with van der Waals surface area (Å²) in [6.45, 7) is 3.11. The Hall–Kier alpha value is -2.02. The van der Waals surface area contributed by atoms with E-state index >= 15 is 0 Å². The summed E-state index contributed by atoms with van der Waals surface area (Å²) in [5, 5.41) is 16.1. The fourth-order valence-electron chi connectivity index (χ4n) is 4.09. The minimum absolute atomic E-state index is 0.0418. The molecule has 7 heteroatoms. The van der Waals surface area contributed by atoms with Gasteiger partial charge in [0.2, 0.25) is 11.8 Å². The van der Waals surface area contributed by atoms with Crippen molar-refractivity contribution in [3.8, 4) is 0 Å². The lowest BCUT2D eigenvalue weighted by atomic mass is 9.96. The Balaban J connectivity index is 1.87. The average molecular weight is 411 g/mol. The molecule has 1 unspecified atom stereocenters. The second-order valence-corrected chi connectivity index (χ2v) is 8.25. The van der Waals surface area contributed by atoms with Crippen LogP contribution >= 0.6 is 0 Å². The molecule has 2 amide bonds. The van der Waals surface area contributed by atoms with Crippen LogP contribution in [0.4, 0.5) is 8.78 Å². The number of aliphatic hydroxyl groups excluding tert-OH is 1. The number of aliphatic hydroxyl groups is 1. The number of rotatable bonds is 10. The monoisotopic (exact) mass is 410 g/mol. The van der Waals surface area contributed by atoms with E-state index in [2.05, 4.69) is 10.6 Å². The molecule has 0 aliphatic heterocycles. The summed E-state index contributed by atoms with van der Waals surface area (Å²) in [6.07, 6.45) is 5.57. The van der Waals surface area contributed by atoms with E-state index in [-0.39, 0.29) is 30.7 Å². The van der Waals surface area contributed by atoms with Gasteiger partial charge in [-0.3, -0.25) is 9.59 Å². The van der Waals surface area contributed by atoms with Crippen molar-refractivity contribution in [1.29, 1.82) is 0 Å². The van der Waals surface area contributed by atoms with Crippen molar-refractivity contribution in [1.82, 2.24) is 10.6 Å². The standard InChI is InChI=1S/C22H32F2N2O3/c1-14(25-22(29)8-7-16-5-3-4-6-16)9-21(28)20(26-15(2)27)12-17-10-18(23)13-19(24)11-17/h10-11,13-14,16,20-21,28H,3-9,12H2,1-2H3,(H,25,29)(H,26,27)/t14?,20-,21-/m0/s1. The highest BCUT2D eigenvalue weighted by molar-refractivity contribution is 5.76. The zero-order valence-corrected chi connectivity index (χ0v) is 17.2. The molecule has 162 valence electrons. The Morgan fingerprint density at radius 1 is 1.14 bits per heavy atom. The number of benzene rings is 1. The quantitative estimate of drug-likeness (QED) is 0.554. The van der Waals surface area contributed by atoms with Crippen molar-refractivity contribution in [2.24, 2.45) is 5.92 Å². The first kappa shape index (κ1) is 23.3. The second kappa shape index (κ2) is 11.2. The summed E-state index contributed by atoms with van der Waals surface area (Å²) in [5.74, 6) is -1.17. The molecule has 1 aromatic carbocycles. The van der Waals surface area contributed by atoms with Gasteiger partial charge in [0.25, 0.3) is 0 Å². The van der Waals surface area contributed by atoms with Crippen molar-refractivity contribution >= 4 is 11.8 Å². The third kappa shape index (κ3) is 8.48. The highest BCUT2D eigenvalue weighted by atomic mass is 19.1. The largest absolute Gasteiger partial charge is 0.391 e. The number of carbonyl (C=O) groups is 2. The van der Waals surface area contributed by atoms with Crippen LogP contribution in [0, 0.1) is 17.6 Å².